The summed E-state index contributed by atoms with van der Waals surface area (Å²) < 4.78 is 6.06. The van der Waals surface area contributed by atoms with Crippen molar-refractivity contribution in [2.75, 3.05) is 0 Å². The SMILES string of the molecule is CCCCCCCCCC(=O)O[C@H]1CC[C@@]2(C)C(=CCC3[C@@H]4CC[C@H]([C@H](C)CCCC(C)C)[C@@]4(C)CC[C@@H]32)C1. The zero-order chi connectivity index (χ0) is 28.0. The van der Waals surface area contributed by atoms with Crippen molar-refractivity contribution in [3.8, 4) is 0 Å². The Bertz CT molecular complexity index is 812. The molecule has 0 aliphatic heterocycles. The highest BCUT2D eigenvalue weighted by Gasteiger charge is 2.59. The van der Waals surface area contributed by atoms with E-state index in [-0.39, 0.29) is 12.1 Å². The van der Waals surface area contributed by atoms with E-state index >= 15 is 0 Å². The first-order chi connectivity index (χ1) is 18.7. The molecule has 0 bridgehead atoms. The van der Waals surface area contributed by atoms with E-state index in [1.165, 1.54) is 96.3 Å². The smallest absolute Gasteiger partial charge is 0.306 e. The molecule has 2 nitrogen and oxygen atoms in total. The van der Waals surface area contributed by atoms with Crippen molar-refractivity contribution in [1.29, 1.82) is 0 Å². The summed E-state index contributed by atoms with van der Waals surface area (Å²) in [5.41, 5.74) is 2.54. The highest BCUT2D eigenvalue weighted by atomic mass is 16.5. The van der Waals surface area contributed by atoms with Crippen molar-refractivity contribution in [2.45, 2.75) is 170 Å². The Morgan fingerprint density at radius 2 is 1.64 bits per heavy atom. The van der Waals surface area contributed by atoms with Gasteiger partial charge in [0, 0.05) is 12.8 Å². The molecule has 4 aliphatic rings. The molecule has 4 rings (SSSR count). The summed E-state index contributed by atoms with van der Waals surface area (Å²) in [6.07, 6.45) is 26.7. The molecule has 4 aliphatic carbocycles. The summed E-state index contributed by atoms with van der Waals surface area (Å²) in [6, 6.07) is 0. The van der Waals surface area contributed by atoms with E-state index in [0.717, 1.165) is 54.8 Å². The van der Waals surface area contributed by atoms with Gasteiger partial charge in [0.2, 0.25) is 0 Å². The second-order valence-corrected chi connectivity index (χ2v) is 15.5. The molecular formula is C37H64O2. The van der Waals surface area contributed by atoms with Gasteiger partial charge in [0.1, 0.15) is 6.10 Å². The van der Waals surface area contributed by atoms with Gasteiger partial charge in [0.15, 0.2) is 0 Å². The second-order valence-electron chi connectivity index (χ2n) is 15.5. The van der Waals surface area contributed by atoms with Crippen molar-refractivity contribution in [3.05, 3.63) is 11.6 Å². The van der Waals surface area contributed by atoms with E-state index in [0.29, 0.717) is 17.3 Å². The fourth-order valence-corrected chi connectivity index (χ4v) is 10.2. The van der Waals surface area contributed by atoms with Crippen LogP contribution < -0.4 is 0 Å². The van der Waals surface area contributed by atoms with Crippen LogP contribution in [0.5, 0.6) is 0 Å². The number of unbranched alkanes of at least 4 members (excludes halogenated alkanes) is 6. The van der Waals surface area contributed by atoms with Crippen molar-refractivity contribution in [2.24, 2.45) is 46.3 Å². The van der Waals surface area contributed by atoms with Gasteiger partial charge in [-0.15, -0.1) is 0 Å². The summed E-state index contributed by atoms with van der Waals surface area (Å²) in [5.74, 6) is 5.34. The number of fused-ring (bicyclic) bond motifs is 5. The predicted molar refractivity (Wildman–Crippen MR) is 166 cm³/mol. The lowest BCUT2D eigenvalue weighted by Crippen LogP contribution is -2.51. The lowest BCUT2D eigenvalue weighted by atomic mass is 9.47. The number of rotatable bonds is 14. The van der Waals surface area contributed by atoms with Gasteiger partial charge < -0.3 is 4.74 Å². The van der Waals surface area contributed by atoms with E-state index in [1.807, 2.05) is 0 Å². The molecule has 0 N–H and O–H groups in total. The minimum Gasteiger partial charge on any atom is -0.462 e. The molecule has 0 amide bonds. The van der Waals surface area contributed by atoms with Crippen LogP contribution in [0, 0.1) is 46.3 Å². The van der Waals surface area contributed by atoms with Gasteiger partial charge in [-0.3, -0.25) is 4.79 Å². The Hall–Kier alpha value is -0.790. The van der Waals surface area contributed by atoms with E-state index in [2.05, 4.69) is 47.6 Å². The average molecular weight is 541 g/mol. The molecule has 0 saturated heterocycles. The standard InChI is InChI=1S/C37H64O2/c1-7-8-9-10-11-12-13-17-35(38)39-30-22-24-36(5)29(26-30)18-19-31-33-21-20-32(28(4)16-14-15-27(2)3)37(33,6)25-23-34(31)36/h18,27-28,30-34H,7-17,19-26H2,1-6H3/t28-,30+,31?,32-,33+,34+,36+,37-/m1/s1. The maximum atomic E-state index is 12.6. The van der Waals surface area contributed by atoms with Crippen molar-refractivity contribution in [3.63, 3.8) is 0 Å². The van der Waals surface area contributed by atoms with Crippen LogP contribution in [-0.4, -0.2) is 12.1 Å². The van der Waals surface area contributed by atoms with Crippen molar-refractivity contribution in [1.82, 2.24) is 0 Å². The molecule has 39 heavy (non-hydrogen) atoms. The monoisotopic (exact) mass is 540 g/mol. The third-order valence-corrected chi connectivity index (χ3v) is 12.5. The summed E-state index contributed by atoms with van der Waals surface area (Å²) in [6.45, 7) is 14.9. The summed E-state index contributed by atoms with van der Waals surface area (Å²) in [5, 5.41) is 0. The molecule has 2 heteroatoms. The normalized spacial score (nSPS) is 36.6. The lowest BCUT2D eigenvalue weighted by molar-refractivity contribution is -0.151. The highest BCUT2D eigenvalue weighted by Crippen LogP contribution is 2.67. The van der Waals surface area contributed by atoms with Gasteiger partial charge in [-0.2, -0.15) is 0 Å². The summed E-state index contributed by atoms with van der Waals surface area (Å²) >= 11 is 0. The third-order valence-electron chi connectivity index (χ3n) is 12.5. The quantitative estimate of drug-likeness (QED) is 0.124. The van der Waals surface area contributed by atoms with Crippen molar-refractivity contribution >= 4 is 5.97 Å². The molecule has 3 saturated carbocycles. The van der Waals surface area contributed by atoms with Crippen LogP contribution in [0.2, 0.25) is 0 Å². The van der Waals surface area contributed by atoms with E-state index in [9.17, 15) is 4.79 Å². The number of carbonyl (C=O) groups is 1. The van der Waals surface area contributed by atoms with E-state index < -0.39 is 0 Å². The van der Waals surface area contributed by atoms with Crippen LogP contribution >= 0.6 is 0 Å². The number of hydrogen-bond donors (Lipinski definition) is 0. The molecule has 0 spiro atoms. The molecule has 0 aromatic carbocycles. The van der Waals surface area contributed by atoms with Crippen LogP contribution in [-0.2, 0) is 9.53 Å². The van der Waals surface area contributed by atoms with E-state index in [1.54, 1.807) is 5.57 Å². The second kappa shape index (κ2) is 13.9. The molecule has 0 heterocycles. The van der Waals surface area contributed by atoms with Gasteiger partial charge in [0.25, 0.3) is 0 Å². The maximum Gasteiger partial charge on any atom is 0.306 e. The predicted octanol–water partition coefficient (Wildman–Crippen LogP) is 11.1. The number of ether oxygens (including phenoxy) is 1. The van der Waals surface area contributed by atoms with Gasteiger partial charge in [-0.25, -0.2) is 0 Å². The largest absolute Gasteiger partial charge is 0.462 e. The molecule has 224 valence electrons. The molecule has 3 fully saturated rings. The fraction of sp³-hybridized carbons (Fsp3) is 0.919. The zero-order valence-electron chi connectivity index (χ0n) is 26.9. The molecule has 0 aromatic heterocycles. The van der Waals surface area contributed by atoms with Crippen LogP contribution in [0.25, 0.3) is 0 Å². The van der Waals surface area contributed by atoms with Crippen LogP contribution in [0.4, 0.5) is 0 Å². The highest BCUT2D eigenvalue weighted by molar-refractivity contribution is 5.69. The Labute approximate surface area is 242 Å². The first kappa shape index (κ1) is 31.2. The van der Waals surface area contributed by atoms with Gasteiger partial charge in [-0.1, -0.05) is 111 Å². The van der Waals surface area contributed by atoms with Gasteiger partial charge >= 0.3 is 5.97 Å². The Balaban J connectivity index is 1.29. The number of carbonyl (C=O) groups excluding carboxylic acids is 1. The first-order valence-electron chi connectivity index (χ1n) is 17.6. The van der Waals surface area contributed by atoms with E-state index in [4.69, 9.17) is 4.74 Å². The summed E-state index contributed by atoms with van der Waals surface area (Å²) in [7, 11) is 0. The Morgan fingerprint density at radius 3 is 2.38 bits per heavy atom. The van der Waals surface area contributed by atoms with Gasteiger partial charge in [0.05, 0.1) is 0 Å². The minimum absolute atomic E-state index is 0.0550. The topological polar surface area (TPSA) is 26.3 Å². The minimum atomic E-state index is 0.0550. The maximum absolute atomic E-state index is 12.6. The molecular weight excluding hydrogens is 476 g/mol. The van der Waals surface area contributed by atoms with Gasteiger partial charge in [-0.05, 0) is 97.7 Å². The Morgan fingerprint density at radius 1 is 0.897 bits per heavy atom. The van der Waals surface area contributed by atoms with Crippen molar-refractivity contribution < 1.29 is 9.53 Å². The van der Waals surface area contributed by atoms with Crippen LogP contribution in [0.1, 0.15) is 164 Å². The summed E-state index contributed by atoms with van der Waals surface area (Å²) in [4.78, 5) is 12.6. The van der Waals surface area contributed by atoms with Crippen LogP contribution in [0.3, 0.4) is 0 Å². The lowest BCUT2D eigenvalue weighted by Gasteiger charge is -2.58. The molecule has 0 aromatic rings. The average Bonchev–Trinajstić information content (AvgIpc) is 3.25. The Kier molecular flexibility index (Phi) is 11.1. The first-order valence-corrected chi connectivity index (χ1v) is 17.6. The molecule has 0 radical (unpaired) electrons. The zero-order valence-corrected chi connectivity index (χ0v) is 26.9. The fourth-order valence-electron chi connectivity index (χ4n) is 10.2. The number of hydrogen-bond acceptors (Lipinski definition) is 2. The number of esters is 1. The van der Waals surface area contributed by atoms with Crippen LogP contribution in [0.15, 0.2) is 11.6 Å². The molecule has 1 unspecified atom stereocenters. The third kappa shape index (κ3) is 7.17. The number of allylic oxidation sites excluding steroid dienone is 1. The molecule has 8 atom stereocenters.